The molecule has 1 saturated heterocycles. The van der Waals surface area contributed by atoms with Crippen molar-refractivity contribution in [1.29, 1.82) is 0 Å². The minimum atomic E-state index is -3.31. The Morgan fingerprint density at radius 1 is 1.14 bits per heavy atom. The summed E-state index contributed by atoms with van der Waals surface area (Å²) in [5.41, 5.74) is 1.29. The largest absolute Gasteiger partial charge is 0.341 e. The Morgan fingerprint density at radius 3 is 2.28 bits per heavy atom. The SMILES string of the molecule is CC1CCN(c2ncc(NC(=O)Cc3ccc(S(=O)(=O)C(C)C)cc3)cn2)CC1. The standard InChI is InChI=1S/C21H28N4O3S/c1-15(2)29(27,28)19-6-4-17(5-7-19)12-20(26)24-18-13-22-21(23-14-18)25-10-8-16(3)9-11-25/h4-7,13-16H,8-12H2,1-3H3,(H,24,26). The van der Waals surface area contributed by atoms with E-state index >= 15 is 0 Å². The molecule has 1 aromatic carbocycles. The van der Waals surface area contributed by atoms with E-state index < -0.39 is 15.1 Å². The minimum absolute atomic E-state index is 0.147. The number of sulfone groups is 1. The summed E-state index contributed by atoms with van der Waals surface area (Å²) in [5, 5.41) is 2.31. The summed E-state index contributed by atoms with van der Waals surface area (Å²) in [6, 6.07) is 6.45. The van der Waals surface area contributed by atoms with Crippen LogP contribution in [-0.4, -0.2) is 42.6 Å². The molecule has 1 aliphatic heterocycles. The zero-order valence-electron chi connectivity index (χ0n) is 17.1. The molecule has 0 saturated carbocycles. The fraction of sp³-hybridized carbons (Fsp3) is 0.476. The Morgan fingerprint density at radius 2 is 1.72 bits per heavy atom. The van der Waals surface area contributed by atoms with Crippen LogP contribution in [0.5, 0.6) is 0 Å². The smallest absolute Gasteiger partial charge is 0.228 e. The second-order valence-electron chi connectivity index (χ2n) is 7.90. The number of hydrogen-bond donors (Lipinski definition) is 1. The summed E-state index contributed by atoms with van der Waals surface area (Å²) in [6.45, 7) is 7.46. The average Bonchev–Trinajstić information content (AvgIpc) is 2.69. The van der Waals surface area contributed by atoms with E-state index in [1.807, 2.05) is 0 Å². The first kappa shape index (κ1) is 21.2. The third kappa shape index (κ3) is 5.32. The van der Waals surface area contributed by atoms with Gasteiger partial charge < -0.3 is 10.2 Å². The lowest BCUT2D eigenvalue weighted by atomic mass is 10.00. The fourth-order valence-corrected chi connectivity index (χ4v) is 4.28. The summed E-state index contributed by atoms with van der Waals surface area (Å²) in [7, 11) is -3.31. The second kappa shape index (κ2) is 8.90. The molecule has 0 radical (unpaired) electrons. The van der Waals surface area contributed by atoms with Crippen molar-refractivity contribution in [2.24, 2.45) is 5.92 Å². The molecule has 1 aromatic heterocycles. The van der Waals surface area contributed by atoms with E-state index in [1.54, 1.807) is 50.5 Å². The molecule has 0 spiro atoms. The Kier molecular flexibility index (Phi) is 6.52. The van der Waals surface area contributed by atoms with E-state index in [9.17, 15) is 13.2 Å². The lowest BCUT2D eigenvalue weighted by molar-refractivity contribution is -0.115. The maximum atomic E-state index is 12.3. The number of rotatable bonds is 6. The van der Waals surface area contributed by atoms with Gasteiger partial charge >= 0.3 is 0 Å². The molecule has 1 N–H and O–H groups in total. The van der Waals surface area contributed by atoms with Crippen LogP contribution in [0, 0.1) is 5.92 Å². The van der Waals surface area contributed by atoms with Gasteiger partial charge in [0.05, 0.1) is 34.6 Å². The number of anilines is 2. The first-order valence-corrected chi connectivity index (χ1v) is 11.5. The molecule has 0 aliphatic carbocycles. The van der Waals surface area contributed by atoms with E-state index in [0.29, 0.717) is 11.6 Å². The Bertz CT molecular complexity index is 933. The zero-order valence-corrected chi connectivity index (χ0v) is 17.9. The van der Waals surface area contributed by atoms with Crippen molar-refractivity contribution >= 4 is 27.4 Å². The van der Waals surface area contributed by atoms with Crippen LogP contribution in [-0.2, 0) is 21.1 Å². The number of aromatic nitrogens is 2. The molecule has 29 heavy (non-hydrogen) atoms. The van der Waals surface area contributed by atoms with Gasteiger partial charge in [-0.15, -0.1) is 0 Å². The number of nitrogens with zero attached hydrogens (tertiary/aromatic N) is 3. The highest BCUT2D eigenvalue weighted by molar-refractivity contribution is 7.92. The van der Waals surface area contributed by atoms with Crippen LogP contribution in [0.2, 0.25) is 0 Å². The highest BCUT2D eigenvalue weighted by atomic mass is 32.2. The molecule has 156 valence electrons. The van der Waals surface area contributed by atoms with Crippen LogP contribution >= 0.6 is 0 Å². The molecule has 1 fully saturated rings. The molecule has 8 heteroatoms. The quantitative estimate of drug-likeness (QED) is 0.778. The van der Waals surface area contributed by atoms with E-state index in [1.165, 1.54) is 0 Å². The van der Waals surface area contributed by atoms with E-state index in [2.05, 4.69) is 27.1 Å². The zero-order chi connectivity index (χ0) is 21.0. The van der Waals surface area contributed by atoms with Crippen LogP contribution < -0.4 is 10.2 Å². The Labute approximate surface area is 172 Å². The van der Waals surface area contributed by atoms with Gasteiger partial charge in [-0.3, -0.25) is 4.79 Å². The molecule has 0 bridgehead atoms. The van der Waals surface area contributed by atoms with Gasteiger partial charge in [-0.1, -0.05) is 19.1 Å². The number of piperidine rings is 1. The minimum Gasteiger partial charge on any atom is -0.341 e. The first-order valence-electron chi connectivity index (χ1n) is 9.95. The molecule has 7 nitrogen and oxygen atoms in total. The van der Waals surface area contributed by atoms with Crippen LogP contribution in [0.3, 0.4) is 0 Å². The second-order valence-corrected chi connectivity index (χ2v) is 10.4. The molecule has 0 atom stereocenters. The maximum Gasteiger partial charge on any atom is 0.228 e. The van der Waals surface area contributed by atoms with Crippen molar-refractivity contribution in [2.45, 2.75) is 50.2 Å². The summed E-state index contributed by atoms with van der Waals surface area (Å²) >= 11 is 0. The summed E-state index contributed by atoms with van der Waals surface area (Å²) in [5.74, 6) is 1.23. The monoisotopic (exact) mass is 416 g/mol. The predicted molar refractivity (Wildman–Crippen MR) is 114 cm³/mol. The Hall–Kier alpha value is -2.48. The third-order valence-electron chi connectivity index (χ3n) is 5.23. The van der Waals surface area contributed by atoms with Crippen molar-refractivity contribution in [1.82, 2.24) is 9.97 Å². The van der Waals surface area contributed by atoms with Crippen molar-refractivity contribution in [2.75, 3.05) is 23.3 Å². The van der Waals surface area contributed by atoms with Gasteiger partial charge in [0.2, 0.25) is 11.9 Å². The van der Waals surface area contributed by atoms with Crippen molar-refractivity contribution in [3.63, 3.8) is 0 Å². The topological polar surface area (TPSA) is 92.3 Å². The highest BCUT2D eigenvalue weighted by Crippen LogP contribution is 2.20. The van der Waals surface area contributed by atoms with Gasteiger partial charge in [0, 0.05) is 13.1 Å². The summed E-state index contributed by atoms with van der Waals surface area (Å²) < 4.78 is 24.3. The number of nitrogens with one attached hydrogen (secondary N) is 1. The number of carbonyl (C=O) groups excluding carboxylic acids is 1. The third-order valence-corrected chi connectivity index (χ3v) is 7.40. The van der Waals surface area contributed by atoms with Gasteiger partial charge in [0.25, 0.3) is 0 Å². The normalized spacial score (nSPS) is 15.5. The van der Waals surface area contributed by atoms with Crippen LogP contribution in [0.25, 0.3) is 0 Å². The fourth-order valence-electron chi connectivity index (χ4n) is 3.22. The lowest BCUT2D eigenvalue weighted by Crippen LogP contribution is -2.34. The van der Waals surface area contributed by atoms with E-state index in [-0.39, 0.29) is 17.2 Å². The summed E-state index contributed by atoms with van der Waals surface area (Å²) in [4.78, 5) is 23.5. The molecule has 1 amide bonds. The van der Waals surface area contributed by atoms with Crippen molar-refractivity contribution < 1.29 is 13.2 Å². The van der Waals surface area contributed by atoms with Crippen molar-refractivity contribution in [3.05, 3.63) is 42.2 Å². The average molecular weight is 417 g/mol. The van der Waals surface area contributed by atoms with Crippen molar-refractivity contribution in [3.8, 4) is 0 Å². The van der Waals surface area contributed by atoms with Gasteiger partial charge in [0.15, 0.2) is 9.84 Å². The number of hydrogen-bond acceptors (Lipinski definition) is 6. The predicted octanol–water partition coefficient (Wildman–Crippen LogP) is 3.08. The Balaban J connectivity index is 1.57. The number of carbonyl (C=O) groups is 1. The molecule has 0 unspecified atom stereocenters. The highest BCUT2D eigenvalue weighted by Gasteiger charge is 2.19. The molecular weight excluding hydrogens is 388 g/mol. The van der Waals surface area contributed by atoms with E-state index in [0.717, 1.165) is 37.4 Å². The van der Waals surface area contributed by atoms with Crippen LogP contribution in [0.1, 0.15) is 39.2 Å². The van der Waals surface area contributed by atoms with Crippen LogP contribution in [0.15, 0.2) is 41.6 Å². The molecule has 1 aliphatic rings. The molecule has 2 heterocycles. The van der Waals surface area contributed by atoms with Gasteiger partial charge in [-0.2, -0.15) is 0 Å². The van der Waals surface area contributed by atoms with Gasteiger partial charge in [-0.25, -0.2) is 18.4 Å². The number of benzene rings is 1. The maximum absolute atomic E-state index is 12.3. The lowest BCUT2D eigenvalue weighted by Gasteiger charge is -2.30. The molecule has 2 aromatic rings. The summed E-state index contributed by atoms with van der Waals surface area (Å²) in [6.07, 6.45) is 5.67. The van der Waals surface area contributed by atoms with Gasteiger partial charge in [0.1, 0.15) is 0 Å². The molecule has 3 rings (SSSR count). The molecular formula is C21H28N4O3S. The number of amides is 1. The van der Waals surface area contributed by atoms with Crippen LogP contribution in [0.4, 0.5) is 11.6 Å². The van der Waals surface area contributed by atoms with E-state index in [4.69, 9.17) is 0 Å². The first-order chi connectivity index (χ1) is 13.8. The van der Waals surface area contributed by atoms with Gasteiger partial charge in [-0.05, 0) is 50.3 Å².